The Morgan fingerprint density at radius 3 is 2.48 bits per heavy atom. The molecule has 2 aliphatic rings. The van der Waals surface area contributed by atoms with Gasteiger partial charge in [0.1, 0.15) is 6.04 Å². The molecule has 1 aromatic carbocycles. The van der Waals surface area contributed by atoms with Crippen LogP contribution in [-0.4, -0.2) is 59.9 Å². The van der Waals surface area contributed by atoms with Gasteiger partial charge in [-0.1, -0.05) is 43.4 Å². The van der Waals surface area contributed by atoms with Gasteiger partial charge in [0.15, 0.2) is 0 Å². The number of carbonyl (C=O) groups excluding carboxylic acids is 2. The fourth-order valence-electron chi connectivity index (χ4n) is 5.09. The summed E-state index contributed by atoms with van der Waals surface area (Å²) in [7, 11) is 0. The van der Waals surface area contributed by atoms with Gasteiger partial charge in [0, 0.05) is 17.6 Å². The van der Waals surface area contributed by atoms with E-state index in [1.807, 2.05) is 31.4 Å². The van der Waals surface area contributed by atoms with E-state index in [1.54, 1.807) is 17.8 Å². The summed E-state index contributed by atoms with van der Waals surface area (Å²) in [5, 5.41) is 6.26. The summed E-state index contributed by atoms with van der Waals surface area (Å²) in [5.74, 6) is 0.620. The predicted molar refractivity (Wildman–Crippen MR) is 130 cm³/mol. The van der Waals surface area contributed by atoms with Crippen molar-refractivity contribution in [2.24, 2.45) is 0 Å². The molecule has 1 saturated heterocycles. The number of thioether (sulfide) groups is 1. The van der Waals surface area contributed by atoms with Crippen LogP contribution < -0.4 is 10.6 Å². The van der Waals surface area contributed by atoms with Gasteiger partial charge in [-0.15, -0.1) is 0 Å². The third-order valence-corrected chi connectivity index (χ3v) is 7.56. The molecule has 2 fully saturated rings. The van der Waals surface area contributed by atoms with Crippen molar-refractivity contribution < 1.29 is 9.59 Å². The van der Waals surface area contributed by atoms with Crippen LogP contribution in [0.5, 0.6) is 0 Å². The Kier molecular flexibility index (Phi) is 9.27. The van der Waals surface area contributed by atoms with E-state index in [4.69, 9.17) is 0 Å². The molecule has 1 atom stereocenters. The molecule has 172 valence electrons. The van der Waals surface area contributed by atoms with E-state index in [1.165, 1.54) is 51.4 Å². The van der Waals surface area contributed by atoms with E-state index in [0.29, 0.717) is 18.5 Å². The minimum atomic E-state index is -0.498. The van der Waals surface area contributed by atoms with Gasteiger partial charge in [-0.3, -0.25) is 14.5 Å². The fraction of sp³-hybridized carbons (Fsp3) is 0.680. The molecule has 3 rings (SSSR count). The highest BCUT2D eigenvalue weighted by atomic mass is 32.2. The van der Waals surface area contributed by atoms with E-state index in [9.17, 15) is 9.59 Å². The number of carbonyl (C=O) groups is 2. The number of nitrogens with one attached hydrogen (secondary N) is 2. The van der Waals surface area contributed by atoms with Crippen molar-refractivity contribution in [3.8, 4) is 0 Å². The summed E-state index contributed by atoms with van der Waals surface area (Å²) in [5.41, 5.74) is 1.75. The van der Waals surface area contributed by atoms with Gasteiger partial charge in [-0.25, -0.2) is 0 Å². The monoisotopic (exact) mass is 445 g/mol. The maximum atomic E-state index is 13.2. The highest BCUT2D eigenvalue weighted by molar-refractivity contribution is 7.98. The topological polar surface area (TPSA) is 61.4 Å². The number of benzene rings is 1. The largest absolute Gasteiger partial charge is 0.352 e. The molecule has 1 heterocycles. The third kappa shape index (κ3) is 6.72. The van der Waals surface area contributed by atoms with Crippen molar-refractivity contribution in [2.45, 2.75) is 76.3 Å². The molecular weight excluding hydrogens is 406 g/mol. The first-order chi connectivity index (χ1) is 15.0. The molecular formula is C25H39N3O2S. The lowest BCUT2D eigenvalue weighted by Crippen LogP contribution is -2.59. The van der Waals surface area contributed by atoms with Crippen molar-refractivity contribution in [3.63, 3.8) is 0 Å². The molecule has 0 bridgehead atoms. The number of likely N-dealkylation sites (tertiary alicyclic amines) is 1. The number of piperidine rings is 1. The van der Waals surface area contributed by atoms with Crippen molar-refractivity contribution in [3.05, 3.63) is 35.4 Å². The smallest absolute Gasteiger partial charge is 0.251 e. The van der Waals surface area contributed by atoms with Gasteiger partial charge in [-0.05, 0) is 76.3 Å². The van der Waals surface area contributed by atoms with Crippen LogP contribution in [0.3, 0.4) is 0 Å². The molecule has 1 aromatic rings. The van der Waals surface area contributed by atoms with Crippen LogP contribution in [0.25, 0.3) is 0 Å². The summed E-state index contributed by atoms with van der Waals surface area (Å²) < 4.78 is 0. The first-order valence-corrected chi connectivity index (χ1v) is 13.3. The maximum Gasteiger partial charge on any atom is 0.251 e. The molecule has 0 spiro atoms. The average Bonchev–Trinajstić information content (AvgIpc) is 2.81. The van der Waals surface area contributed by atoms with Crippen molar-refractivity contribution >= 4 is 23.6 Å². The Morgan fingerprint density at radius 1 is 1.10 bits per heavy atom. The Bertz CT molecular complexity index is 727. The van der Waals surface area contributed by atoms with Crippen molar-refractivity contribution in [2.75, 3.05) is 31.6 Å². The molecule has 1 aliphatic carbocycles. The molecule has 2 amide bonds. The van der Waals surface area contributed by atoms with Gasteiger partial charge in [0.05, 0.1) is 0 Å². The van der Waals surface area contributed by atoms with Gasteiger partial charge in [0.2, 0.25) is 5.91 Å². The number of aryl methyl sites for hydroxylation is 1. The highest BCUT2D eigenvalue weighted by Gasteiger charge is 2.39. The zero-order chi connectivity index (χ0) is 22.1. The molecule has 5 nitrogen and oxygen atoms in total. The van der Waals surface area contributed by atoms with Gasteiger partial charge in [-0.2, -0.15) is 11.8 Å². The number of hydrogen-bond acceptors (Lipinski definition) is 4. The lowest BCUT2D eigenvalue weighted by molar-refractivity contribution is -0.124. The number of rotatable bonds is 9. The Labute approximate surface area is 192 Å². The molecule has 31 heavy (non-hydrogen) atoms. The summed E-state index contributed by atoms with van der Waals surface area (Å²) in [4.78, 5) is 28.6. The van der Waals surface area contributed by atoms with E-state index in [2.05, 4.69) is 15.5 Å². The van der Waals surface area contributed by atoms with Gasteiger partial charge < -0.3 is 10.6 Å². The third-order valence-electron chi connectivity index (χ3n) is 6.92. The highest BCUT2D eigenvalue weighted by Crippen LogP contribution is 2.35. The number of hydrogen-bond donors (Lipinski definition) is 2. The lowest BCUT2D eigenvalue weighted by Gasteiger charge is -2.48. The fourth-order valence-corrected chi connectivity index (χ4v) is 5.56. The van der Waals surface area contributed by atoms with E-state index in [-0.39, 0.29) is 17.4 Å². The SMILES string of the molecule is CSCCC(NC(=O)c1cccc(C)c1)C(=O)NCC1(N2CCCCC2)CCCCC1. The van der Waals surface area contributed by atoms with Crippen LogP contribution in [0, 0.1) is 6.92 Å². The van der Waals surface area contributed by atoms with Crippen LogP contribution >= 0.6 is 11.8 Å². The Morgan fingerprint density at radius 2 is 1.81 bits per heavy atom. The zero-order valence-electron chi connectivity index (χ0n) is 19.3. The average molecular weight is 446 g/mol. The minimum Gasteiger partial charge on any atom is -0.352 e. The Hall–Kier alpha value is -1.53. The predicted octanol–water partition coefficient (Wildman–Crippen LogP) is 4.15. The first kappa shape index (κ1) is 24.1. The summed E-state index contributed by atoms with van der Waals surface area (Å²) in [6.45, 7) is 4.96. The standard InChI is InChI=1S/C25H39N3O2S/c1-20-10-9-11-21(18-20)23(29)27-22(12-17-31-2)24(30)26-19-25(13-5-3-6-14-25)28-15-7-4-8-16-28/h9-11,18,22H,3-8,12-17,19H2,1-2H3,(H,26,30)(H,27,29). The second-order valence-corrected chi connectivity index (χ2v) is 10.2. The molecule has 1 aliphatic heterocycles. The molecule has 0 aromatic heterocycles. The first-order valence-electron chi connectivity index (χ1n) is 11.9. The maximum absolute atomic E-state index is 13.2. The molecule has 1 unspecified atom stereocenters. The van der Waals surface area contributed by atoms with Crippen LogP contribution in [0.4, 0.5) is 0 Å². The van der Waals surface area contributed by atoms with Crippen molar-refractivity contribution in [1.82, 2.24) is 15.5 Å². The summed E-state index contributed by atoms with van der Waals surface area (Å²) in [6.07, 6.45) is 12.6. The van der Waals surface area contributed by atoms with Crippen LogP contribution in [0.2, 0.25) is 0 Å². The number of nitrogens with zero attached hydrogens (tertiary/aromatic N) is 1. The molecule has 0 radical (unpaired) electrons. The van der Waals surface area contributed by atoms with Crippen LogP contribution in [0.1, 0.15) is 73.7 Å². The van der Waals surface area contributed by atoms with Crippen LogP contribution in [-0.2, 0) is 4.79 Å². The second-order valence-electron chi connectivity index (χ2n) is 9.23. The number of amides is 2. The molecule has 6 heteroatoms. The summed E-state index contributed by atoms with van der Waals surface area (Å²) >= 11 is 1.70. The normalized spacial score (nSPS) is 20.1. The molecule has 2 N–H and O–H groups in total. The van der Waals surface area contributed by atoms with E-state index < -0.39 is 6.04 Å². The van der Waals surface area contributed by atoms with E-state index >= 15 is 0 Å². The lowest BCUT2D eigenvalue weighted by atomic mass is 9.79. The van der Waals surface area contributed by atoms with Gasteiger partial charge >= 0.3 is 0 Å². The van der Waals surface area contributed by atoms with E-state index in [0.717, 1.165) is 24.4 Å². The quantitative estimate of drug-likeness (QED) is 0.599. The second kappa shape index (κ2) is 11.9. The summed E-state index contributed by atoms with van der Waals surface area (Å²) in [6, 6.07) is 7.03. The Balaban J connectivity index is 1.65. The van der Waals surface area contributed by atoms with Crippen molar-refractivity contribution in [1.29, 1.82) is 0 Å². The zero-order valence-corrected chi connectivity index (χ0v) is 20.1. The van der Waals surface area contributed by atoms with Crippen LogP contribution in [0.15, 0.2) is 24.3 Å². The van der Waals surface area contributed by atoms with Gasteiger partial charge in [0.25, 0.3) is 5.91 Å². The minimum absolute atomic E-state index is 0.0444. The molecule has 1 saturated carbocycles.